The number of hydrogen-bond donors (Lipinski definition) is 0. The number of fused-ring (bicyclic) bond motifs is 4. The number of anilines is 1. The van der Waals surface area contributed by atoms with Gasteiger partial charge in [0.2, 0.25) is 0 Å². The number of aryl methyl sites for hydroxylation is 1. The summed E-state index contributed by atoms with van der Waals surface area (Å²) in [5.41, 5.74) is 11.6. The van der Waals surface area contributed by atoms with Crippen molar-refractivity contribution in [2.24, 2.45) is 5.92 Å². The molecule has 0 bridgehead atoms. The number of rotatable bonds is 4. The minimum atomic E-state index is 0. The fraction of sp³-hybridized carbons (Fsp3) is 0.122. The molecule has 0 fully saturated rings. The molecule has 1 atom stereocenters. The average Bonchev–Trinajstić information content (AvgIpc) is 3.83. The molecule has 258 valence electrons. The van der Waals surface area contributed by atoms with Crippen molar-refractivity contribution in [3.05, 3.63) is 195 Å². The van der Waals surface area contributed by atoms with Gasteiger partial charge in [-0.15, -0.1) is 57.8 Å². The summed E-state index contributed by atoms with van der Waals surface area (Å²) in [5, 5.41) is 7.79. The van der Waals surface area contributed by atoms with Gasteiger partial charge in [0.25, 0.3) is 0 Å². The Balaban J connectivity index is 0.000000205. The standard InChI is InChI=1S/C30H21.C17H18N.2CH3.Si.Zr/c1-20-16-23-18-24(27-14-6-10-21-8-2-4-12-25(21)27)19-30(29(23)17-20)28-15-7-11-22-9-3-5-13-26(22)28;1-12(2)14-10-15-9-13(3)18(17(15)11-14)16-7-5-4-6-8-16;;;;/h2-19H,1H3;4-9,11-13H,1-3H3;2*1H3;;/q4*-1;;. The Morgan fingerprint density at radius 3 is 1.90 bits per heavy atom. The fourth-order valence-electron chi connectivity index (χ4n) is 7.40. The molecule has 0 spiro atoms. The maximum absolute atomic E-state index is 3.53. The van der Waals surface area contributed by atoms with Gasteiger partial charge in [-0.1, -0.05) is 147 Å². The third-order valence-corrected chi connectivity index (χ3v) is 9.73. The average molecular weight is 767 g/mol. The molecule has 1 unspecified atom stereocenters. The Kier molecular flexibility index (Phi) is 12.6. The zero-order valence-corrected chi connectivity index (χ0v) is 34.5. The molecule has 0 aromatic heterocycles. The molecule has 1 heterocycles. The van der Waals surface area contributed by atoms with Crippen LogP contribution in [0, 0.1) is 33.8 Å². The number of para-hydroxylation sites is 1. The van der Waals surface area contributed by atoms with Gasteiger partial charge in [-0.25, -0.2) is 0 Å². The van der Waals surface area contributed by atoms with E-state index in [1.54, 1.807) is 0 Å². The quantitative estimate of drug-likeness (QED) is 0.127. The van der Waals surface area contributed by atoms with E-state index in [-0.39, 0.29) is 14.9 Å². The first-order valence-corrected chi connectivity index (χ1v) is 21.5. The summed E-state index contributed by atoms with van der Waals surface area (Å²) in [7, 11) is 0. The number of nitrogens with zero attached hydrogens (tertiary/aromatic N) is 1. The summed E-state index contributed by atoms with van der Waals surface area (Å²) >= 11 is 1.36. The second-order valence-corrected chi connectivity index (χ2v) is 13.4. The van der Waals surface area contributed by atoms with Crippen LogP contribution >= 0.6 is 0 Å². The monoisotopic (exact) mass is 765 g/mol. The predicted molar refractivity (Wildman–Crippen MR) is 225 cm³/mol. The summed E-state index contributed by atoms with van der Waals surface area (Å²) < 4.78 is 0. The summed E-state index contributed by atoms with van der Waals surface area (Å²) in [6, 6.07) is 50.9. The van der Waals surface area contributed by atoms with Gasteiger partial charge in [-0.3, -0.25) is 0 Å². The van der Waals surface area contributed by atoms with Crippen LogP contribution < -0.4 is 4.90 Å². The van der Waals surface area contributed by atoms with E-state index >= 15 is 0 Å². The maximum atomic E-state index is 3.53. The molecule has 52 heavy (non-hydrogen) atoms. The van der Waals surface area contributed by atoms with Gasteiger partial charge >= 0.3 is 30.2 Å². The van der Waals surface area contributed by atoms with E-state index in [9.17, 15) is 0 Å². The van der Waals surface area contributed by atoms with Gasteiger partial charge in [-0.05, 0) is 57.6 Å². The van der Waals surface area contributed by atoms with E-state index in [4.69, 9.17) is 0 Å². The van der Waals surface area contributed by atoms with Gasteiger partial charge in [-0.2, -0.15) is 6.07 Å². The first-order valence-electron chi connectivity index (χ1n) is 17.3. The Labute approximate surface area is 328 Å². The first-order chi connectivity index (χ1) is 24.4. The summed E-state index contributed by atoms with van der Waals surface area (Å²) in [4.78, 5) is 2.39. The molecule has 0 saturated heterocycles. The second kappa shape index (κ2) is 16.9. The van der Waals surface area contributed by atoms with Crippen LogP contribution in [0.3, 0.4) is 0 Å². The Hall–Kier alpha value is -4.43. The van der Waals surface area contributed by atoms with E-state index in [1.807, 2.05) is 0 Å². The van der Waals surface area contributed by atoms with Gasteiger partial charge in [0, 0.05) is 11.7 Å². The van der Waals surface area contributed by atoms with Crippen LogP contribution in [-0.2, 0) is 23.3 Å². The predicted octanol–water partition coefficient (Wildman–Crippen LogP) is 13.1. The summed E-state index contributed by atoms with van der Waals surface area (Å²) in [6.07, 6.45) is 8.11. The fourth-order valence-corrected chi connectivity index (χ4v) is 7.40. The summed E-state index contributed by atoms with van der Waals surface area (Å²) in [6.45, 7) is 11.9. The molecule has 1 nitrogen and oxygen atoms in total. The van der Waals surface area contributed by atoms with Crippen LogP contribution in [0.25, 0.3) is 54.6 Å². The van der Waals surface area contributed by atoms with E-state index in [2.05, 4.69) is 197 Å². The Bertz CT molecular complexity index is 2420. The van der Waals surface area contributed by atoms with E-state index in [1.165, 1.54) is 106 Å². The zero-order valence-electron chi connectivity index (χ0n) is 31.0. The number of benzene rings is 6. The molecule has 2 radical (unpaired) electrons. The third-order valence-electron chi connectivity index (χ3n) is 9.73. The van der Waals surface area contributed by atoms with E-state index in [0.29, 0.717) is 12.0 Å². The molecule has 2 aliphatic rings. The van der Waals surface area contributed by atoms with Crippen LogP contribution in [0.15, 0.2) is 169 Å². The van der Waals surface area contributed by atoms with E-state index < -0.39 is 0 Å². The second-order valence-electron chi connectivity index (χ2n) is 13.4. The third kappa shape index (κ3) is 7.54. The van der Waals surface area contributed by atoms with Crippen molar-refractivity contribution in [1.29, 1.82) is 0 Å². The molecule has 1 aliphatic heterocycles. The SMILES string of the molecule is CC(C)C1=[C-]C2=CC(C)N(c3ccccc3)C2=C1.Cc1cc2c(-c3cccc4ccccc34)cc(-c3cccc4ccccc34)cc2[cH-]1.[CH3-].[CH3-].[Si]=[Zr]. The molecular formula is C49H45NSiZr-4. The molecule has 1 aliphatic carbocycles. The summed E-state index contributed by atoms with van der Waals surface area (Å²) in [5.74, 6) is 0.539. The zero-order chi connectivity index (χ0) is 34.8. The van der Waals surface area contributed by atoms with Crippen molar-refractivity contribution in [3.8, 4) is 22.3 Å². The number of hydrogen-bond acceptors (Lipinski definition) is 1. The van der Waals surface area contributed by atoms with E-state index in [0.717, 1.165) is 0 Å². The molecule has 9 rings (SSSR count). The van der Waals surface area contributed by atoms with Crippen molar-refractivity contribution in [2.75, 3.05) is 4.90 Å². The van der Waals surface area contributed by atoms with Crippen LogP contribution in [0.2, 0.25) is 0 Å². The Morgan fingerprint density at radius 2 is 1.25 bits per heavy atom. The Morgan fingerprint density at radius 1 is 0.673 bits per heavy atom. The molecule has 7 aromatic carbocycles. The number of allylic oxidation sites excluding steroid dienone is 3. The van der Waals surface area contributed by atoms with Crippen LogP contribution in [0.5, 0.6) is 0 Å². The minimum absolute atomic E-state index is 0. The molecule has 0 saturated carbocycles. The molecule has 0 amide bonds. The van der Waals surface area contributed by atoms with Crippen molar-refractivity contribution >= 4 is 44.9 Å². The van der Waals surface area contributed by atoms with Gasteiger partial charge in [0.15, 0.2) is 0 Å². The van der Waals surface area contributed by atoms with Crippen LogP contribution in [0.4, 0.5) is 5.69 Å². The first kappa shape index (κ1) is 38.8. The topological polar surface area (TPSA) is 3.24 Å². The molecular weight excluding hydrogens is 722 g/mol. The molecule has 3 heteroatoms. The van der Waals surface area contributed by atoms with Gasteiger partial charge in [0.1, 0.15) is 0 Å². The van der Waals surface area contributed by atoms with Crippen molar-refractivity contribution in [3.63, 3.8) is 0 Å². The van der Waals surface area contributed by atoms with Crippen LogP contribution in [0.1, 0.15) is 26.3 Å². The van der Waals surface area contributed by atoms with Crippen molar-refractivity contribution in [2.45, 2.75) is 33.7 Å². The van der Waals surface area contributed by atoms with Gasteiger partial charge in [0.05, 0.1) is 0 Å². The van der Waals surface area contributed by atoms with Crippen molar-refractivity contribution < 1.29 is 23.3 Å². The molecule has 0 N–H and O–H groups in total. The normalized spacial score (nSPS) is 14.3. The van der Waals surface area contributed by atoms with Crippen LogP contribution in [-0.4, -0.2) is 12.9 Å². The van der Waals surface area contributed by atoms with Crippen molar-refractivity contribution in [1.82, 2.24) is 0 Å². The van der Waals surface area contributed by atoms with Gasteiger partial charge < -0.3 is 19.8 Å². The molecule has 7 aromatic rings.